The quantitative estimate of drug-likeness (QED) is 0.570. The molecule has 0 unspecified atom stereocenters. The van der Waals surface area contributed by atoms with Crippen molar-refractivity contribution in [3.05, 3.63) is 11.1 Å². The number of amides is 2. The summed E-state index contributed by atoms with van der Waals surface area (Å²) in [6, 6.07) is 0. The molecule has 0 aliphatic carbocycles. The fourth-order valence-corrected chi connectivity index (χ4v) is 0.964. The van der Waals surface area contributed by atoms with E-state index in [4.69, 9.17) is 4.84 Å². The van der Waals surface area contributed by atoms with E-state index in [0.717, 1.165) is 5.06 Å². The molecule has 0 fully saturated rings. The Morgan fingerprint density at radius 1 is 1.17 bits per heavy atom. The molecule has 0 N–H and O–H groups in total. The highest BCUT2D eigenvalue weighted by molar-refractivity contribution is 6.17. The Balaban J connectivity index is 2.88. The van der Waals surface area contributed by atoms with Gasteiger partial charge in [0.05, 0.1) is 6.61 Å². The molecule has 1 aliphatic heterocycles. The third-order valence-corrected chi connectivity index (χ3v) is 1.83. The van der Waals surface area contributed by atoms with Crippen LogP contribution in [0.5, 0.6) is 0 Å². The van der Waals surface area contributed by atoms with Crippen LogP contribution in [0.4, 0.5) is 0 Å². The third-order valence-electron chi connectivity index (χ3n) is 1.83. The zero-order chi connectivity index (χ0) is 9.30. The summed E-state index contributed by atoms with van der Waals surface area (Å²) < 4.78 is 0. The second-order valence-electron chi connectivity index (χ2n) is 2.57. The van der Waals surface area contributed by atoms with Gasteiger partial charge in [0.2, 0.25) is 0 Å². The van der Waals surface area contributed by atoms with Crippen LogP contribution < -0.4 is 0 Å². The zero-order valence-electron chi connectivity index (χ0n) is 7.38. The highest BCUT2D eigenvalue weighted by Gasteiger charge is 2.34. The van der Waals surface area contributed by atoms with Crippen molar-refractivity contribution in [1.82, 2.24) is 5.06 Å². The molecular weight excluding hydrogens is 158 g/mol. The Morgan fingerprint density at radius 2 is 1.58 bits per heavy atom. The molecule has 0 saturated carbocycles. The van der Waals surface area contributed by atoms with Crippen LogP contribution in [0.3, 0.4) is 0 Å². The molecule has 4 heteroatoms. The number of rotatable bonds is 2. The molecule has 0 spiro atoms. The van der Waals surface area contributed by atoms with E-state index in [2.05, 4.69) is 0 Å². The van der Waals surface area contributed by atoms with E-state index in [1.54, 1.807) is 20.8 Å². The molecule has 0 aromatic rings. The number of hydrogen-bond donors (Lipinski definition) is 0. The van der Waals surface area contributed by atoms with Gasteiger partial charge >= 0.3 is 0 Å². The van der Waals surface area contributed by atoms with Crippen molar-refractivity contribution in [3.63, 3.8) is 0 Å². The van der Waals surface area contributed by atoms with E-state index in [-0.39, 0.29) is 11.8 Å². The van der Waals surface area contributed by atoms with Gasteiger partial charge in [-0.3, -0.25) is 14.4 Å². The van der Waals surface area contributed by atoms with Crippen LogP contribution in [0, 0.1) is 0 Å². The van der Waals surface area contributed by atoms with Crippen molar-refractivity contribution >= 4 is 11.8 Å². The molecule has 0 radical (unpaired) electrons. The van der Waals surface area contributed by atoms with E-state index in [9.17, 15) is 9.59 Å². The smallest absolute Gasteiger partial charge is 0.267 e. The molecule has 0 saturated heterocycles. The first kappa shape index (κ1) is 8.93. The summed E-state index contributed by atoms with van der Waals surface area (Å²) in [5.41, 5.74) is 0.932. The number of imide groups is 1. The second-order valence-corrected chi connectivity index (χ2v) is 2.57. The lowest BCUT2D eigenvalue weighted by Gasteiger charge is -2.11. The van der Waals surface area contributed by atoms with Crippen molar-refractivity contribution in [3.8, 4) is 0 Å². The Kier molecular flexibility index (Phi) is 2.28. The number of carbonyl (C=O) groups excluding carboxylic acids is 2. The minimum Gasteiger partial charge on any atom is -0.267 e. The van der Waals surface area contributed by atoms with E-state index >= 15 is 0 Å². The number of hydrogen-bond acceptors (Lipinski definition) is 3. The van der Waals surface area contributed by atoms with Gasteiger partial charge in [-0.15, -0.1) is 5.06 Å². The average molecular weight is 169 g/mol. The van der Waals surface area contributed by atoms with Crippen LogP contribution in [0.25, 0.3) is 0 Å². The summed E-state index contributed by atoms with van der Waals surface area (Å²) in [5.74, 6) is -0.696. The lowest BCUT2D eigenvalue weighted by atomic mass is 10.2. The summed E-state index contributed by atoms with van der Waals surface area (Å²) >= 11 is 0. The number of carbonyl (C=O) groups is 2. The third kappa shape index (κ3) is 1.14. The molecule has 0 aromatic carbocycles. The van der Waals surface area contributed by atoms with Gasteiger partial charge in [0.25, 0.3) is 11.8 Å². The molecule has 2 amide bonds. The fraction of sp³-hybridized carbons (Fsp3) is 0.500. The van der Waals surface area contributed by atoms with Gasteiger partial charge in [-0.1, -0.05) is 0 Å². The molecule has 0 atom stereocenters. The Labute approximate surface area is 70.7 Å². The van der Waals surface area contributed by atoms with E-state index in [1.165, 1.54) is 0 Å². The van der Waals surface area contributed by atoms with Crippen molar-refractivity contribution in [2.75, 3.05) is 6.61 Å². The standard InChI is InChI=1S/C8H11NO3/c1-4-12-9-7(10)5(2)6(3)8(9)11/h4H2,1-3H3. The maximum atomic E-state index is 11.2. The summed E-state index contributed by atoms with van der Waals surface area (Å²) in [6.07, 6.45) is 0. The van der Waals surface area contributed by atoms with Gasteiger partial charge in [-0.2, -0.15) is 0 Å². The summed E-state index contributed by atoms with van der Waals surface area (Å²) in [5, 5.41) is 0.810. The van der Waals surface area contributed by atoms with Gasteiger partial charge in [0.15, 0.2) is 0 Å². The van der Waals surface area contributed by atoms with Gasteiger partial charge < -0.3 is 0 Å². The lowest BCUT2D eigenvalue weighted by molar-refractivity contribution is -0.185. The largest absolute Gasteiger partial charge is 0.281 e. The zero-order valence-corrected chi connectivity index (χ0v) is 7.38. The summed E-state index contributed by atoms with van der Waals surface area (Å²) in [6.45, 7) is 5.28. The fourth-order valence-electron chi connectivity index (χ4n) is 0.964. The summed E-state index contributed by atoms with van der Waals surface area (Å²) in [4.78, 5) is 27.3. The van der Waals surface area contributed by atoms with Crippen molar-refractivity contribution < 1.29 is 14.4 Å². The monoisotopic (exact) mass is 169 g/mol. The average Bonchev–Trinajstić information content (AvgIpc) is 2.23. The van der Waals surface area contributed by atoms with Crippen molar-refractivity contribution in [1.29, 1.82) is 0 Å². The maximum absolute atomic E-state index is 11.2. The molecule has 0 bridgehead atoms. The Hall–Kier alpha value is -1.16. The maximum Gasteiger partial charge on any atom is 0.281 e. The predicted molar refractivity (Wildman–Crippen MR) is 41.9 cm³/mol. The first-order valence-corrected chi connectivity index (χ1v) is 3.78. The van der Waals surface area contributed by atoms with Crippen LogP contribution in [-0.4, -0.2) is 23.5 Å². The normalized spacial score (nSPS) is 18.1. The highest BCUT2D eigenvalue weighted by atomic mass is 16.7. The first-order valence-electron chi connectivity index (χ1n) is 3.78. The Morgan fingerprint density at radius 3 is 1.92 bits per heavy atom. The second kappa shape index (κ2) is 3.06. The lowest BCUT2D eigenvalue weighted by Crippen LogP contribution is -2.31. The molecule has 1 aliphatic rings. The molecule has 1 heterocycles. The Bertz CT molecular complexity index is 243. The minimum absolute atomic E-state index is 0.318. The van der Waals surface area contributed by atoms with E-state index < -0.39 is 0 Å². The van der Waals surface area contributed by atoms with Gasteiger partial charge in [0, 0.05) is 11.1 Å². The van der Waals surface area contributed by atoms with Crippen LogP contribution >= 0.6 is 0 Å². The SMILES string of the molecule is CCON1C(=O)C(C)=C(C)C1=O. The topological polar surface area (TPSA) is 46.6 Å². The highest BCUT2D eigenvalue weighted by Crippen LogP contribution is 2.19. The molecule has 4 nitrogen and oxygen atoms in total. The van der Waals surface area contributed by atoms with Crippen molar-refractivity contribution in [2.45, 2.75) is 20.8 Å². The van der Waals surface area contributed by atoms with Gasteiger partial charge in [-0.05, 0) is 20.8 Å². The molecule has 66 valence electrons. The van der Waals surface area contributed by atoms with Crippen LogP contribution in [0.15, 0.2) is 11.1 Å². The predicted octanol–water partition coefficient (Wildman–Crippen LogP) is 0.643. The molecule has 0 aromatic heterocycles. The van der Waals surface area contributed by atoms with Gasteiger partial charge in [0.1, 0.15) is 0 Å². The van der Waals surface area contributed by atoms with Crippen LogP contribution in [-0.2, 0) is 14.4 Å². The molecule has 12 heavy (non-hydrogen) atoms. The molecule has 1 rings (SSSR count). The van der Waals surface area contributed by atoms with Gasteiger partial charge in [-0.25, -0.2) is 0 Å². The number of hydroxylamine groups is 2. The van der Waals surface area contributed by atoms with E-state index in [1.807, 2.05) is 0 Å². The molecular formula is C8H11NO3. The van der Waals surface area contributed by atoms with Crippen LogP contribution in [0.1, 0.15) is 20.8 Å². The van der Waals surface area contributed by atoms with Crippen LogP contribution in [0.2, 0.25) is 0 Å². The summed E-state index contributed by atoms with van der Waals surface area (Å²) in [7, 11) is 0. The number of nitrogens with zero attached hydrogens (tertiary/aromatic N) is 1. The first-order chi connectivity index (χ1) is 5.59. The minimum atomic E-state index is -0.348. The van der Waals surface area contributed by atoms with Crippen molar-refractivity contribution in [2.24, 2.45) is 0 Å². The van der Waals surface area contributed by atoms with E-state index in [0.29, 0.717) is 17.8 Å².